The molecule has 0 saturated heterocycles. The van der Waals surface area contributed by atoms with Crippen LogP contribution in [-0.2, 0) is 0 Å². The van der Waals surface area contributed by atoms with Crippen molar-refractivity contribution >= 4 is 28.9 Å². The number of anilines is 2. The SMILES string of the molecule is Cc1ccc(NC(=O)c2ccc(N)cc2C)c(Cl)c1. The fourth-order valence-electron chi connectivity index (χ4n) is 1.85. The molecule has 0 unspecified atom stereocenters. The molecule has 0 spiro atoms. The summed E-state index contributed by atoms with van der Waals surface area (Å²) in [5.74, 6) is -0.191. The second-order valence-corrected chi connectivity index (χ2v) is 4.92. The maximum atomic E-state index is 12.2. The summed E-state index contributed by atoms with van der Waals surface area (Å²) in [6.45, 7) is 3.80. The lowest BCUT2D eigenvalue weighted by atomic mass is 10.1. The number of amides is 1. The van der Waals surface area contributed by atoms with Gasteiger partial charge in [0.05, 0.1) is 10.7 Å². The zero-order valence-electron chi connectivity index (χ0n) is 10.8. The number of carbonyl (C=O) groups is 1. The first-order valence-electron chi connectivity index (χ1n) is 5.91. The van der Waals surface area contributed by atoms with E-state index in [0.717, 1.165) is 11.1 Å². The van der Waals surface area contributed by atoms with Crippen molar-refractivity contribution in [2.45, 2.75) is 13.8 Å². The monoisotopic (exact) mass is 274 g/mol. The molecule has 0 fully saturated rings. The maximum Gasteiger partial charge on any atom is 0.255 e. The molecule has 2 rings (SSSR count). The van der Waals surface area contributed by atoms with Crippen LogP contribution < -0.4 is 11.1 Å². The highest BCUT2D eigenvalue weighted by molar-refractivity contribution is 6.34. The van der Waals surface area contributed by atoms with Gasteiger partial charge in [0.15, 0.2) is 0 Å². The molecule has 3 nitrogen and oxygen atoms in total. The van der Waals surface area contributed by atoms with Gasteiger partial charge in [-0.05, 0) is 55.3 Å². The molecule has 3 N–H and O–H groups in total. The second kappa shape index (κ2) is 5.33. The summed E-state index contributed by atoms with van der Waals surface area (Å²) in [6.07, 6.45) is 0. The van der Waals surface area contributed by atoms with Gasteiger partial charge in [0.1, 0.15) is 0 Å². The maximum absolute atomic E-state index is 12.2. The van der Waals surface area contributed by atoms with Gasteiger partial charge in [-0.15, -0.1) is 0 Å². The van der Waals surface area contributed by atoms with Crippen molar-refractivity contribution in [3.8, 4) is 0 Å². The van der Waals surface area contributed by atoms with Gasteiger partial charge in [-0.25, -0.2) is 0 Å². The molecule has 0 radical (unpaired) electrons. The first-order chi connectivity index (χ1) is 8.97. The number of halogens is 1. The van der Waals surface area contributed by atoms with Gasteiger partial charge in [0.2, 0.25) is 0 Å². The number of hydrogen-bond acceptors (Lipinski definition) is 2. The topological polar surface area (TPSA) is 55.1 Å². The van der Waals surface area contributed by atoms with Crippen molar-refractivity contribution in [3.05, 3.63) is 58.1 Å². The van der Waals surface area contributed by atoms with E-state index in [4.69, 9.17) is 17.3 Å². The third kappa shape index (κ3) is 3.06. The Morgan fingerprint density at radius 1 is 1.16 bits per heavy atom. The lowest BCUT2D eigenvalue weighted by molar-refractivity contribution is 0.102. The highest BCUT2D eigenvalue weighted by Crippen LogP contribution is 2.24. The summed E-state index contributed by atoms with van der Waals surface area (Å²) in [5.41, 5.74) is 9.38. The molecular weight excluding hydrogens is 260 g/mol. The molecule has 0 aromatic heterocycles. The molecule has 0 heterocycles. The molecule has 0 aliphatic heterocycles. The highest BCUT2D eigenvalue weighted by Gasteiger charge is 2.11. The van der Waals surface area contributed by atoms with Crippen LogP contribution in [0.25, 0.3) is 0 Å². The molecule has 4 heteroatoms. The van der Waals surface area contributed by atoms with Gasteiger partial charge < -0.3 is 11.1 Å². The Hall–Kier alpha value is -2.00. The zero-order valence-corrected chi connectivity index (χ0v) is 11.6. The van der Waals surface area contributed by atoms with Crippen molar-refractivity contribution in [3.63, 3.8) is 0 Å². The summed E-state index contributed by atoms with van der Waals surface area (Å²) in [5, 5.41) is 3.33. The average molecular weight is 275 g/mol. The molecule has 1 amide bonds. The van der Waals surface area contributed by atoms with Crippen LogP contribution >= 0.6 is 11.6 Å². The lowest BCUT2D eigenvalue weighted by Crippen LogP contribution is -2.13. The molecule has 0 aliphatic carbocycles. The van der Waals surface area contributed by atoms with E-state index >= 15 is 0 Å². The fraction of sp³-hybridized carbons (Fsp3) is 0.133. The van der Waals surface area contributed by atoms with Gasteiger partial charge in [0, 0.05) is 11.3 Å². The summed E-state index contributed by atoms with van der Waals surface area (Å²) < 4.78 is 0. The molecule has 2 aromatic rings. The number of aryl methyl sites for hydroxylation is 2. The number of carbonyl (C=O) groups excluding carboxylic acids is 1. The van der Waals surface area contributed by atoms with E-state index in [-0.39, 0.29) is 5.91 Å². The van der Waals surface area contributed by atoms with Crippen LogP contribution in [0.4, 0.5) is 11.4 Å². The molecule has 19 heavy (non-hydrogen) atoms. The Morgan fingerprint density at radius 2 is 1.89 bits per heavy atom. The molecule has 0 aliphatic rings. The Balaban J connectivity index is 2.25. The first kappa shape index (κ1) is 13.4. The van der Waals surface area contributed by atoms with Gasteiger partial charge >= 0.3 is 0 Å². The third-order valence-electron chi connectivity index (χ3n) is 2.87. The van der Waals surface area contributed by atoms with E-state index in [1.54, 1.807) is 24.3 Å². The number of benzene rings is 2. The van der Waals surface area contributed by atoms with Crippen LogP contribution in [-0.4, -0.2) is 5.91 Å². The van der Waals surface area contributed by atoms with Gasteiger partial charge in [-0.1, -0.05) is 17.7 Å². The lowest BCUT2D eigenvalue weighted by Gasteiger charge is -2.10. The number of nitrogens with one attached hydrogen (secondary N) is 1. The number of nitrogens with two attached hydrogens (primary N) is 1. The van der Waals surface area contributed by atoms with Crippen LogP contribution in [0.15, 0.2) is 36.4 Å². The van der Waals surface area contributed by atoms with Crippen LogP contribution in [0.2, 0.25) is 5.02 Å². The number of hydrogen-bond donors (Lipinski definition) is 2. The minimum Gasteiger partial charge on any atom is -0.399 e. The van der Waals surface area contributed by atoms with Crippen molar-refractivity contribution in [2.24, 2.45) is 0 Å². The van der Waals surface area contributed by atoms with E-state index in [2.05, 4.69) is 5.32 Å². The highest BCUT2D eigenvalue weighted by atomic mass is 35.5. The quantitative estimate of drug-likeness (QED) is 0.819. The van der Waals surface area contributed by atoms with E-state index < -0.39 is 0 Å². The van der Waals surface area contributed by atoms with Crippen LogP contribution in [0.5, 0.6) is 0 Å². The predicted octanol–water partition coefficient (Wildman–Crippen LogP) is 3.79. The third-order valence-corrected chi connectivity index (χ3v) is 3.18. The first-order valence-corrected chi connectivity index (χ1v) is 6.29. The zero-order chi connectivity index (χ0) is 14.0. The van der Waals surface area contributed by atoms with Gasteiger partial charge in [0.25, 0.3) is 5.91 Å². The standard InChI is InChI=1S/C15H15ClN2O/c1-9-3-6-14(13(16)7-9)18-15(19)12-5-4-11(17)8-10(12)2/h3-8H,17H2,1-2H3,(H,18,19). The Morgan fingerprint density at radius 3 is 2.53 bits per heavy atom. The Labute approximate surface area is 117 Å². The summed E-state index contributed by atoms with van der Waals surface area (Å²) in [7, 11) is 0. The van der Waals surface area contributed by atoms with Gasteiger partial charge in [-0.3, -0.25) is 4.79 Å². The van der Waals surface area contributed by atoms with E-state index in [1.165, 1.54) is 0 Å². The van der Waals surface area contributed by atoms with E-state index in [1.807, 2.05) is 26.0 Å². The minimum atomic E-state index is -0.191. The summed E-state index contributed by atoms with van der Waals surface area (Å²) in [4.78, 5) is 12.2. The molecule has 2 aromatic carbocycles. The van der Waals surface area contributed by atoms with Crippen molar-refractivity contribution in [2.75, 3.05) is 11.1 Å². The smallest absolute Gasteiger partial charge is 0.255 e. The second-order valence-electron chi connectivity index (χ2n) is 4.51. The van der Waals surface area contributed by atoms with Crippen molar-refractivity contribution < 1.29 is 4.79 Å². The molecule has 0 bridgehead atoms. The average Bonchev–Trinajstić information content (AvgIpc) is 2.32. The van der Waals surface area contributed by atoms with E-state index in [9.17, 15) is 4.79 Å². The van der Waals surface area contributed by atoms with Crippen LogP contribution in [0.1, 0.15) is 21.5 Å². The largest absolute Gasteiger partial charge is 0.399 e. The number of nitrogen functional groups attached to an aromatic ring is 1. The molecule has 0 atom stereocenters. The fourth-order valence-corrected chi connectivity index (χ4v) is 2.14. The van der Waals surface area contributed by atoms with Gasteiger partial charge in [-0.2, -0.15) is 0 Å². The Bertz CT molecular complexity index is 638. The van der Waals surface area contributed by atoms with E-state index in [0.29, 0.717) is 22.0 Å². The summed E-state index contributed by atoms with van der Waals surface area (Å²) in [6, 6.07) is 10.7. The van der Waals surface area contributed by atoms with Crippen LogP contribution in [0, 0.1) is 13.8 Å². The van der Waals surface area contributed by atoms with Crippen LogP contribution in [0.3, 0.4) is 0 Å². The normalized spacial score (nSPS) is 10.3. The molecular formula is C15H15ClN2O. The predicted molar refractivity (Wildman–Crippen MR) is 79.7 cm³/mol. The number of rotatable bonds is 2. The van der Waals surface area contributed by atoms with Crippen molar-refractivity contribution in [1.82, 2.24) is 0 Å². The summed E-state index contributed by atoms with van der Waals surface area (Å²) >= 11 is 6.09. The molecule has 0 saturated carbocycles. The van der Waals surface area contributed by atoms with Crippen molar-refractivity contribution in [1.29, 1.82) is 0 Å². The minimum absolute atomic E-state index is 0.191. The Kier molecular flexibility index (Phi) is 3.76. The molecule has 98 valence electrons.